The minimum absolute atomic E-state index is 0.0766. The summed E-state index contributed by atoms with van der Waals surface area (Å²) in [6.45, 7) is -0.400. The van der Waals surface area contributed by atoms with Crippen LogP contribution >= 0.6 is 11.8 Å². The third kappa shape index (κ3) is 6.56. The van der Waals surface area contributed by atoms with Crippen molar-refractivity contribution in [3.63, 3.8) is 0 Å². The molecular formula is C24H33N5O6S. The molecule has 196 valence electrons. The zero-order valence-electron chi connectivity index (χ0n) is 20.1. The quantitative estimate of drug-likeness (QED) is 0.224. The fourth-order valence-corrected chi connectivity index (χ4v) is 4.83. The van der Waals surface area contributed by atoms with Crippen molar-refractivity contribution < 1.29 is 29.4 Å². The lowest BCUT2D eigenvalue weighted by molar-refractivity contribution is -0.144. The highest BCUT2D eigenvalue weighted by atomic mass is 32.2. The maximum Gasteiger partial charge on any atom is 0.328 e. The molecule has 11 nitrogen and oxygen atoms in total. The highest BCUT2D eigenvalue weighted by Gasteiger charge is 2.38. The van der Waals surface area contributed by atoms with Crippen LogP contribution < -0.4 is 16.4 Å². The summed E-state index contributed by atoms with van der Waals surface area (Å²) in [5.74, 6) is -2.23. The van der Waals surface area contributed by atoms with Crippen molar-refractivity contribution >= 4 is 46.4 Å². The average Bonchev–Trinajstić information content (AvgIpc) is 3.52. The number of amides is 3. The first-order chi connectivity index (χ1) is 17.3. The van der Waals surface area contributed by atoms with Crippen molar-refractivity contribution in [2.24, 2.45) is 5.73 Å². The van der Waals surface area contributed by atoms with Crippen LogP contribution in [0.2, 0.25) is 0 Å². The van der Waals surface area contributed by atoms with Crippen LogP contribution in [0.4, 0.5) is 0 Å². The molecule has 1 aromatic heterocycles. The number of H-pyrrole nitrogens is 1. The van der Waals surface area contributed by atoms with Gasteiger partial charge in [-0.2, -0.15) is 11.8 Å². The number of fused-ring (bicyclic) bond motifs is 1. The summed E-state index contributed by atoms with van der Waals surface area (Å²) in [6, 6.07) is 3.33. The van der Waals surface area contributed by atoms with Crippen LogP contribution in [0.1, 0.15) is 24.8 Å². The number of likely N-dealkylation sites (tertiary alicyclic amines) is 1. The number of nitrogens with two attached hydrogens (primary N) is 1. The lowest BCUT2D eigenvalue weighted by atomic mass is 10.0. The van der Waals surface area contributed by atoms with Gasteiger partial charge in [0.1, 0.15) is 18.1 Å². The van der Waals surface area contributed by atoms with E-state index in [-0.39, 0.29) is 12.3 Å². The predicted octanol–water partition coefficient (Wildman–Crippen LogP) is -0.172. The lowest BCUT2D eigenvalue weighted by Gasteiger charge is -2.28. The number of aliphatic hydroxyl groups is 1. The summed E-state index contributed by atoms with van der Waals surface area (Å²) in [6.07, 6.45) is 5.29. The number of aromatic nitrogens is 1. The molecule has 4 unspecified atom stereocenters. The van der Waals surface area contributed by atoms with Crippen LogP contribution in [0.5, 0.6) is 0 Å². The molecule has 1 aliphatic rings. The van der Waals surface area contributed by atoms with E-state index in [1.165, 1.54) is 4.90 Å². The number of hydrogen-bond donors (Lipinski definition) is 6. The lowest BCUT2D eigenvalue weighted by Crippen LogP contribution is -2.57. The number of hydrogen-bond acceptors (Lipinski definition) is 7. The van der Waals surface area contributed by atoms with Crippen LogP contribution in [0.3, 0.4) is 0 Å². The van der Waals surface area contributed by atoms with Crippen LogP contribution in [-0.4, -0.2) is 93.1 Å². The molecule has 12 heteroatoms. The number of carboxylic acid groups (broad SMARTS) is 1. The highest BCUT2D eigenvalue weighted by Crippen LogP contribution is 2.22. The Labute approximate surface area is 213 Å². The van der Waals surface area contributed by atoms with Gasteiger partial charge in [0, 0.05) is 30.1 Å². The number of para-hydroxylation sites is 1. The highest BCUT2D eigenvalue weighted by molar-refractivity contribution is 7.98. The van der Waals surface area contributed by atoms with Gasteiger partial charge in [0.2, 0.25) is 17.7 Å². The summed E-state index contributed by atoms with van der Waals surface area (Å²) >= 11 is 1.58. The summed E-state index contributed by atoms with van der Waals surface area (Å²) in [7, 11) is 0. The minimum Gasteiger partial charge on any atom is -0.480 e. The Kier molecular flexibility index (Phi) is 9.73. The van der Waals surface area contributed by atoms with Gasteiger partial charge in [0.05, 0.1) is 12.6 Å². The standard InChI is InChI=1S/C24H33N5O6S/c1-36-10-8-16(25)23(33)29-9-4-7-20(29)22(32)27-18(21(31)28-19(13-30)24(34)35)11-14-12-26-17-6-3-2-5-15(14)17/h2-3,5-6,12,16,18-20,26,30H,4,7-11,13,25H2,1H3,(H,27,32)(H,28,31)(H,34,35). The molecule has 1 aliphatic heterocycles. The number of rotatable bonds is 12. The molecule has 2 heterocycles. The van der Waals surface area contributed by atoms with Crippen molar-refractivity contribution in [1.29, 1.82) is 0 Å². The molecule has 36 heavy (non-hydrogen) atoms. The third-order valence-corrected chi connectivity index (χ3v) is 6.96. The van der Waals surface area contributed by atoms with E-state index < -0.39 is 48.6 Å². The van der Waals surface area contributed by atoms with Crippen molar-refractivity contribution in [2.75, 3.05) is 25.2 Å². The number of nitrogens with zero attached hydrogens (tertiary/aromatic N) is 1. The second-order valence-electron chi connectivity index (χ2n) is 8.78. The van der Waals surface area contributed by atoms with Crippen LogP contribution in [0.15, 0.2) is 30.5 Å². The van der Waals surface area contributed by atoms with Crippen LogP contribution in [0.25, 0.3) is 10.9 Å². The van der Waals surface area contributed by atoms with Gasteiger partial charge in [-0.3, -0.25) is 14.4 Å². The number of carbonyl (C=O) groups is 4. The van der Waals surface area contributed by atoms with Crippen molar-refractivity contribution in [3.05, 3.63) is 36.0 Å². The molecule has 7 N–H and O–H groups in total. The second-order valence-corrected chi connectivity index (χ2v) is 9.77. The number of aliphatic hydroxyl groups excluding tert-OH is 1. The molecule has 0 spiro atoms. The molecule has 1 aromatic carbocycles. The Morgan fingerprint density at radius 2 is 1.97 bits per heavy atom. The van der Waals surface area contributed by atoms with Gasteiger partial charge in [-0.1, -0.05) is 18.2 Å². The van der Waals surface area contributed by atoms with Gasteiger partial charge in [-0.15, -0.1) is 0 Å². The largest absolute Gasteiger partial charge is 0.480 e. The number of thioether (sulfide) groups is 1. The fraction of sp³-hybridized carbons (Fsp3) is 0.500. The molecule has 0 saturated carbocycles. The molecular weight excluding hydrogens is 486 g/mol. The maximum absolute atomic E-state index is 13.3. The van der Waals surface area contributed by atoms with E-state index in [1.54, 1.807) is 18.0 Å². The normalized spacial score (nSPS) is 18.0. The van der Waals surface area contributed by atoms with Crippen LogP contribution in [0, 0.1) is 0 Å². The minimum atomic E-state index is -1.51. The molecule has 0 aliphatic carbocycles. The molecule has 0 radical (unpaired) electrons. The zero-order chi connectivity index (χ0) is 26.2. The van der Waals surface area contributed by atoms with Crippen LogP contribution in [-0.2, 0) is 25.6 Å². The van der Waals surface area contributed by atoms with E-state index in [9.17, 15) is 29.4 Å². The molecule has 3 amide bonds. The van der Waals surface area contributed by atoms with Gasteiger partial charge in [-0.05, 0) is 42.9 Å². The van der Waals surface area contributed by atoms with Gasteiger partial charge in [-0.25, -0.2) is 4.79 Å². The Balaban J connectivity index is 1.79. The SMILES string of the molecule is CSCCC(N)C(=O)N1CCCC1C(=O)NC(Cc1c[nH]c2ccccc12)C(=O)NC(CO)C(=O)O. The molecule has 1 saturated heterocycles. The summed E-state index contributed by atoms with van der Waals surface area (Å²) in [4.78, 5) is 55.2. The van der Waals surface area contributed by atoms with Crippen molar-refractivity contribution in [3.8, 4) is 0 Å². The first kappa shape index (κ1) is 27.5. The van der Waals surface area contributed by atoms with E-state index in [0.29, 0.717) is 25.8 Å². The smallest absolute Gasteiger partial charge is 0.328 e. The summed E-state index contributed by atoms with van der Waals surface area (Å²) < 4.78 is 0. The average molecular weight is 520 g/mol. The predicted molar refractivity (Wildman–Crippen MR) is 136 cm³/mol. The number of nitrogens with one attached hydrogen (secondary N) is 3. The van der Waals surface area contributed by atoms with Crippen molar-refractivity contribution in [1.82, 2.24) is 20.5 Å². The number of carbonyl (C=O) groups excluding carboxylic acids is 3. The summed E-state index contributed by atoms with van der Waals surface area (Å²) in [5.41, 5.74) is 7.65. The Bertz CT molecular complexity index is 1090. The number of carboxylic acids is 1. The maximum atomic E-state index is 13.3. The molecule has 1 fully saturated rings. The topological polar surface area (TPSA) is 178 Å². The van der Waals surface area contributed by atoms with Gasteiger partial charge in [0.25, 0.3) is 0 Å². The zero-order valence-corrected chi connectivity index (χ0v) is 20.9. The molecule has 2 aromatic rings. The van der Waals surface area contributed by atoms with Gasteiger partial charge < -0.3 is 36.5 Å². The van der Waals surface area contributed by atoms with E-state index in [2.05, 4.69) is 15.6 Å². The first-order valence-corrected chi connectivity index (χ1v) is 13.2. The van der Waals surface area contributed by atoms with Gasteiger partial charge >= 0.3 is 5.97 Å². The molecule has 0 bridgehead atoms. The fourth-order valence-electron chi connectivity index (χ4n) is 4.34. The van der Waals surface area contributed by atoms with Crippen molar-refractivity contribution in [2.45, 2.75) is 49.9 Å². The molecule has 4 atom stereocenters. The number of aliphatic carboxylic acids is 1. The Hall–Kier alpha value is -3.09. The van der Waals surface area contributed by atoms with E-state index in [0.717, 1.165) is 22.2 Å². The first-order valence-electron chi connectivity index (χ1n) is 11.8. The van der Waals surface area contributed by atoms with Gasteiger partial charge in [0.15, 0.2) is 0 Å². The van der Waals surface area contributed by atoms with E-state index in [1.807, 2.05) is 30.5 Å². The third-order valence-electron chi connectivity index (χ3n) is 6.32. The monoisotopic (exact) mass is 519 g/mol. The Morgan fingerprint density at radius 1 is 1.22 bits per heavy atom. The number of benzene rings is 1. The summed E-state index contributed by atoms with van der Waals surface area (Å²) in [5, 5.41) is 24.4. The number of aromatic amines is 1. The molecule has 3 rings (SSSR count). The Morgan fingerprint density at radius 3 is 2.67 bits per heavy atom. The van der Waals surface area contributed by atoms with E-state index >= 15 is 0 Å². The van der Waals surface area contributed by atoms with E-state index in [4.69, 9.17) is 5.73 Å². The second kappa shape index (κ2) is 12.7.